The molecule has 0 saturated heterocycles. The quantitative estimate of drug-likeness (QED) is 0.184. The number of fused-ring (bicyclic) bond motifs is 5. The van der Waals surface area contributed by atoms with Crippen molar-refractivity contribution in [2.75, 3.05) is 6.54 Å². The maximum atomic E-state index is 12.4. The summed E-state index contributed by atoms with van der Waals surface area (Å²) in [6.07, 6.45) is 21.8. The Morgan fingerprint density at radius 2 is 1.87 bits per heavy atom. The molecule has 0 aromatic heterocycles. The van der Waals surface area contributed by atoms with Crippen LogP contribution in [0.25, 0.3) is 0 Å². The summed E-state index contributed by atoms with van der Waals surface area (Å²) in [5.41, 5.74) is 2.30. The van der Waals surface area contributed by atoms with Crippen molar-refractivity contribution < 1.29 is 14.3 Å². The van der Waals surface area contributed by atoms with E-state index in [4.69, 9.17) is 11.2 Å². The second-order valence-electron chi connectivity index (χ2n) is 14.1. The number of carbonyl (C=O) groups excluding carboxylic acids is 2. The number of carbonyl (C=O) groups is 2. The molecule has 8 unspecified atom stereocenters. The number of hydrogen-bond acceptors (Lipinski definition) is 3. The Bertz CT molecular complexity index is 931. The molecule has 0 aromatic rings. The van der Waals surface area contributed by atoms with Crippen molar-refractivity contribution >= 4 is 11.9 Å². The molecule has 0 bridgehead atoms. The Morgan fingerprint density at radius 1 is 1.08 bits per heavy atom. The molecule has 0 heterocycles. The third-order valence-electron chi connectivity index (χ3n) is 11.5. The van der Waals surface area contributed by atoms with Crippen molar-refractivity contribution in [1.29, 1.82) is 0 Å². The van der Waals surface area contributed by atoms with E-state index in [2.05, 4.69) is 51.9 Å². The van der Waals surface area contributed by atoms with Gasteiger partial charge in [0.25, 0.3) is 0 Å². The van der Waals surface area contributed by atoms with Crippen molar-refractivity contribution in [3.05, 3.63) is 11.6 Å². The van der Waals surface area contributed by atoms with Gasteiger partial charge in [-0.25, -0.2) is 0 Å². The molecule has 212 valence electrons. The molecular formula is C34H53NO3. The Kier molecular flexibility index (Phi) is 9.37. The first kappa shape index (κ1) is 29.2. The summed E-state index contributed by atoms with van der Waals surface area (Å²) in [5, 5.41) is 2.61. The molecule has 0 aromatic carbocycles. The fraction of sp³-hybridized carbons (Fsp3) is 0.824. The standard InChI is InChI=1S/C34H53NO3/c1-7-21-35-31(36)15-16-32(37)38-26-17-19-33(5)25(22-26)11-12-27-29-14-13-28(24(4)10-8-9-23(2)3)34(29,6)20-18-30(27)33/h1,11,23-24,26-30H,8-10,12-22H2,2-6H3,(H,35,36). The molecule has 3 saturated carbocycles. The molecule has 1 amide bonds. The minimum Gasteiger partial charge on any atom is -0.462 e. The highest BCUT2D eigenvalue weighted by Gasteiger charge is 2.59. The van der Waals surface area contributed by atoms with Crippen LogP contribution in [0.3, 0.4) is 0 Å². The molecule has 0 spiro atoms. The zero-order valence-corrected chi connectivity index (χ0v) is 24.8. The van der Waals surface area contributed by atoms with E-state index in [9.17, 15) is 9.59 Å². The highest BCUT2D eigenvalue weighted by molar-refractivity contribution is 5.81. The monoisotopic (exact) mass is 523 g/mol. The van der Waals surface area contributed by atoms with Gasteiger partial charge in [0.1, 0.15) is 6.10 Å². The second kappa shape index (κ2) is 12.2. The molecule has 38 heavy (non-hydrogen) atoms. The number of ether oxygens (including phenoxy) is 1. The zero-order chi connectivity index (χ0) is 27.5. The molecule has 0 radical (unpaired) electrons. The normalized spacial score (nSPS) is 36.8. The summed E-state index contributed by atoms with van der Waals surface area (Å²) in [4.78, 5) is 24.2. The van der Waals surface area contributed by atoms with Crippen LogP contribution in [0.2, 0.25) is 0 Å². The third-order valence-corrected chi connectivity index (χ3v) is 11.5. The van der Waals surface area contributed by atoms with Crippen molar-refractivity contribution in [2.24, 2.45) is 46.3 Å². The maximum absolute atomic E-state index is 12.4. The number of rotatable bonds is 10. The summed E-state index contributed by atoms with van der Waals surface area (Å²) in [6, 6.07) is 0. The van der Waals surface area contributed by atoms with Crippen LogP contribution in [0.1, 0.15) is 118 Å². The van der Waals surface area contributed by atoms with Gasteiger partial charge in [-0.1, -0.05) is 71.5 Å². The van der Waals surface area contributed by atoms with Crippen molar-refractivity contribution in [3.63, 3.8) is 0 Å². The molecule has 3 fully saturated rings. The number of hydrogen-bond donors (Lipinski definition) is 1. The number of allylic oxidation sites excluding steroid dienone is 1. The number of amides is 1. The van der Waals surface area contributed by atoms with E-state index in [0.717, 1.165) is 54.8 Å². The van der Waals surface area contributed by atoms with Gasteiger partial charge in [0.05, 0.1) is 13.0 Å². The first-order valence-electron chi connectivity index (χ1n) is 15.7. The van der Waals surface area contributed by atoms with Crippen LogP contribution < -0.4 is 5.32 Å². The molecule has 4 nitrogen and oxygen atoms in total. The van der Waals surface area contributed by atoms with Gasteiger partial charge in [-0.2, -0.15) is 0 Å². The molecule has 1 N–H and O–H groups in total. The Labute approximate surface area is 232 Å². The van der Waals surface area contributed by atoms with Crippen molar-refractivity contribution in [2.45, 2.75) is 124 Å². The third kappa shape index (κ3) is 6.03. The summed E-state index contributed by atoms with van der Waals surface area (Å²) >= 11 is 0. The van der Waals surface area contributed by atoms with Crippen LogP contribution in [-0.4, -0.2) is 24.5 Å². The smallest absolute Gasteiger partial charge is 0.306 e. The van der Waals surface area contributed by atoms with Crippen LogP contribution in [0, 0.1) is 58.7 Å². The van der Waals surface area contributed by atoms with E-state index in [0.29, 0.717) is 5.41 Å². The fourth-order valence-electron chi connectivity index (χ4n) is 9.45. The summed E-state index contributed by atoms with van der Waals surface area (Å²) in [7, 11) is 0. The topological polar surface area (TPSA) is 55.4 Å². The molecule has 4 rings (SSSR count). The van der Waals surface area contributed by atoms with Gasteiger partial charge in [-0.3, -0.25) is 9.59 Å². The largest absolute Gasteiger partial charge is 0.462 e. The minimum atomic E-state index is -0.267. The number of nitrogens with one attached hydrogen (secondary N) is 1. The van der Waals surface area contributed by atoms with Crippen LogP contribution >= 0.6 is 0 Å². The lowest BCUT2D eigenvalue weighted by Gasteiger charge is -2.58. The molecule has 4 aliphatic rings. The average Bonchev–Trinajstić information content (AvgIpc) is 3.23. The van der Waals surface area contributed by atoms with Crippen molar-refractivity contribution in [1.82, 2.24) is 5.32 Å². The van der Waals surface area contributed by atoms with E-state index in [1.165, 1.54) is 56.9 Å². The summed E-state index contributed by atoms with van der Waals surface area (Å²) in [5.74, 6) is 6.92. The lowest BCUT2D eigenvalue weighted by molar-refractivity contribution is -0.152. The molecule has 8 atom stereocenters. The highest BCUT2D eigenvalue weighted by atomic mass is 16.5. The molecule has 4 heteroatoms. The number of terminal acetylenes is 1. The Morgan fingerprint density at radius 3 is 2.61 bits per heavy atom. The fourth-order valence-corrected chi connectivity index (χ4v) is 9.45. The second-order valence-corrected chi connectivity index (χ2v) is 14.1. The van der Waals surface area contributed by atoms with Crippen LogP contribution in [0.5, 0.6) is 0 Å². The van der Waals surface area contributed by atoms with Gasteiger partial charge < -0.3 is 10.1 Å². The lowest BCUT2D eigenvalue weighted by atomic mass is 9.47. The van der Waals surface area contributed by atoms with Crippen molar-refractivity contribution in [3.8, 4) is 12.3 Å². The van der Waals surface area contributed by atoms with Gasteiger partial charge in [-0.15, -0.1) is 6.42 Å². The average molecular weight is 524 g/mol. The van der Waals surface area contributed by atoms with E-state index >= 15 is 0 Å². The Hall–Kier alpha value is -1.76. The SMILES string of the molecule is C#CCNC(=O)CCC(=O)OC1CCC2(C)C(=CCC3C2CCC2(C)C(C(C)CCCC(C)C)CCC32)C1. The van der Waals surface area contributed by atoms with Gasteiger partial charge in [0, 0.05) is 12.8 Å². The van der Waals surface area contributed by atoms with E-state index in [-0.39, 0.29) is 42.8 Å². The first-order valence-corrected chi connectivity index (χ1v) is 15.7. The number of esters is 1. The van der Waals surface area contributed by atoms with Crippen LogP contribution in [-0.2, 0) is 14.3 Å². The molecule has 0 aliphatic heterocycles. The van der Waals surface area contributed by atoms with Gasteiger partial charge >= 0.3 is 5.97 Å². The van der Waals surface area contributed by atoms with Crippen LogP contribution in [0.15, 0.2) is 11.6 Å². The van der Waals surface area contributed by atoms with E-state index < -0.39 is 0 Å². The maximum Gasteiger partial charge on any atom is 0.306 e. The lowest BCUT2D eigenvalue weighted by Crippen LogP contribution is -2.51. The highest BCUT2D eigenvalue weighted by Crippen LogP contribution is 2.67. The molecular weight excluding hydrogens is 470 g/mol. The van der Waals surface area contributed by atoms with Crippen LogP contribution in [0.4, 0.5) is 0 Å². The van der Waals surface area contributed by atoms with E-state index in [1.54, 1.807) is 0 Å². The van der Waals surface area contributed by atoms with Gasteiger partial charge in [0.15, 0.2) is 0 Å². The Balaban J connectivity index is 1.35. The predicted molar refractivity (Wildman–Crippen MR) is 154 cm³/mol. The molecule has 4 aliphatic carbocycles. The summed E-state index contributed by atoms with van der Waals surface area (Å²) in [6.45, 7) is 12.6. The summed E-state index contributed by atoms with van der Waals surface area (Å²) < 4.78 is 5.85. The first-order chi connectivity index (χ1) is 18.1. The van der Waals surface area contributed by atoms with Gasteiger partial charge in [-0.05, 0) is 91.3 Å². The minimum absolute atomic E-state index is 0.0523. The van der Waals surface area contributed by atoms with Gasteiger partial charge in [0.2, 0.25) is 5.91 Å². The predicted octanol–water partition coefficient (Wildman–Crippen LogP) is 7.47. The zero-order valence-electron chi connectivity index (χ0n) is 24.8. The van der Waals surface area contributed by atoms with E-state index in [1.807, 2.05) is 0 Å².